The molecule has 1 aliphatic carbocycles. The van der Waals surface area contributed by atoms with Crippen LogP contribution in [0.25, 0.3) is 0 Å². The van der Waals surface area contributed by atoms with E-state index in [1.807, 2.05) is 12.1 Å². The van der Waals surface area contributed by atoms with Crippen molar-refractivity contribution in [2.24, 2.45) is 17.8 Å². The van der Waals surface area contributed by atoms with Crippen molar-refractivity contribution in [3.8, 4) is 0 Å². The third-order valence-electron chi connectivity index (χ3n) is 8.69. The van der Waals surface area contributed by atoms with Crippen LogP contribution in [0.15, 0.2) is 12.1 Å². The van der Waals surface area contributed by atoms with Gasteiger partial charge in [-0.25, -0.2) is 0 Å². The zero-order valence-corrected chi connectivity index (χ0v) is 18.8. The van der Waals surface area contributed by atoms with Crippen molar-refractivity contribution < 1.29 is 4.79 Å². The zero-order chi connectivity index (χ0) is 20.9. The number of fused-ring (bicyclic) bond motifs is 5. The molecular weight excluding hydrogens is 412 g/mol. The Kier molecular flexibility index (Phi) is 5.31. The highest BCUT2D eigenvalue weighted by Gasteiger charge is 2.48. The van der Waals surface area contributed by atoms with Gasteiger partial charge >= 0.3 is 0 Å². The van der Waals surface area contributed by atoms with E-state index in [0.29, 0.717) is 47.1 Å². The van der Waals surface area contributed by atoms with Crippen LogP contribution in [-0.4, -0.2) is 71.4 Å². The lowest BCUT2D eigenvalue weighted by Crippen LogP contribution is -2.65. The third kappa shape index (κ3) is 3.72. The predicted octanol–water partition coefficient (Wildman–Crippen LogP) is 2.07. The van der Waals surface area contributed by atoms with Gasteiger partial charge in [-0.05, 0) is 75.5 Å². The van der Waals surface area contributed by atoms with E-state index >= 15 is 0 Å². The van der Waals surface area contributed by atoms with E-state index < -0.39 is 0 Å². The molecule has 2 bridgehead atoms. The van der Waals surface area contributed by atoms with Gasteiger partial charge in [0, 0.05) is 43.8 Å². The van der Waals surface area contributed by atoms with Gasteiger partial charge in [-0.2, -0.15) is 0 Å². The number of nitrogens with zero attached hydrogens (tertiary/aromatic N) is 4. The van der Waals surface area contributed by atoms with E-state index in [9.17, 15) is 4.79 Å². The maximum Gasteiger partial charge on any atom is 0.224 e. The number of carbonyl (C=O) groups is 1. The molecule has 8 heteroatoms. The Morgan fingerprint density at radius 2 is 1.90 bits per heavy atom. The van der Waals surface area contributed by atoms with Gasteiger partial charge < -0.3 is 15.5 Å². The summed E-state index contributed by atoms with van der Waals surface area (Å²) in [5, 5.41) is 15.9. The Labute approximate surface area is 189 Å². The Balaban J connectivity index is 1.09. The largest absolute Gasteiger partial charge is 0.353 e. The average molecular weight is 445 g/mol. The second-order valence-corrected chi connectivity index (χ2v) is 10.8. The van der Waals surface area contributed by atoms with Crippen LogP contribution in [-0.2, 0) is 4.79 Å². The smallest absolute Gasteiger partial charge is 0.224 e. The molecule has 7 atom stereocenters. The predicted molar refractivity (Wildman–Crippen MR) is 120 cm³/mol. The van der Waals surface area contributed by atoms with Crippen molar-refractivity contribution in [2.75, 3.05) is 31.1 Å². The lowest BCUT2D eigenvalue weighted by atomic mass is 9.67. The Morgan fingerprint density at radius 3 is 2.68 bits per heavy atom. The lowest BCUT2D eigenvalue weighted by molar-refractivity contribution is -0.133. The van der Waals surface area contributed by atoms with E-state index in [1.54, 1.807) is 0 Å². The van der Waals surface area contributed by atoms with Crippen LogP contribution in [0.5, 0.6) is 0 Å². The highest BCUT2D eigenvalue weighted by molar-refractivity contribution is 6.29. The topological polar surface area (TPSA) is 73.4 Å². The molecular formula is C23H33ClN6O. The fourth-order valence-corrected chi connectivity index (χ4v) is 7.34. The maximum atomic E-state index is 12.7. The van der Waals surface area contributed by atoms with Gasteiger partial charge in [-0.3, -0.25) is 9.69 Å². The number of piperazine rings is 1. The Bertz CT molecular complexity index is 807. The summed E-state index contributed by atoms with van der Waals surface area (Å²) in [6, 6.07) is 5.79. The first-order valence-electron chi connectivity index (χ1n) is 12.2. The van der Waals surface area contributed by atoms with Crippen molar-refractivity contribution in [1.29, 1.82) is 0 Å². The Morgan fingerprint density at radius 1 is 1.06 bits per heavy atom. The minimum absolute atomic E-state index is 0.200. The summed E-state index contributed by atoms with van der Waals surface area (Å²) in [7, 11) is 0. The third-order valence-corrected chi connectivity index (χ3v) is 8.89. The molecule has 6 rings (SSSR count). The molecule has 168 valence electrons. The number of anilines is 1. The molecule has 5 aliphatic rings. The van der Waals surface area contributed by atoms with E-state index in [2.05, 4.69) is 30.6 Å². The average Bonchev–Trinajstić information content (AvgIpc) is 3.01. The van der Waals surface area contributed by atoms with Crippen molar-refractivity contribution in [3.05, 3.63) is 17.3 Å². The van der Waals surface area contributed by atoms with Gasteiger partial charge in [0.25, 0.3) is 0 Å². The van der Waals surface area contributed by atoms with Gasteiger partial charge in [0.05, 0.1) is 5.92 Å². The van der Waals surface area contributed by atoms with Crippen LogP contribution in [0.2, 0.25) is 5.15 Å². The summed E-state index contributed by atoms with van der Waals surface area (Å²) in [4.78, 5) is 17.9. The monoisotopic (exact) mass is 444 g/mol. The number of carbonyl (C=O) groups excluding carboxylic acids is 1. The van der Waals surface area contributed by atoms with Crippen molar-refractivity contribution >= 4 is 23.3 Å². The van der Waals surface area contributed by atoms with Crippen molar-refractivity contribution in [3.63, 3.8) is 0 Å². The molecule has 1 saturated carbocycles. The quantitative estimate of drug-likeness (QED) is 0.743. The minimum atomic E-state index is 0.200. The zero-order valence-electron chi connectivity index (χ0n) is 18.0. The number of halogens is 1. The normalized spacial score (nSPS) is 40.2. The highest BCUT2D eigenvalue weighted by Crippen LogP contribution is 2.41. The first kappa shape index (κ1) is 20.2. The molecule has 7 nitrogen and oxygen atoms in total. The maximum absolute atomic E-state index is 12.7. The number of rotatable bonds is 3. The van der Waals surface area contributed by atoms with Crippen LogP contribution in [0, 0.1) is 17.8 Å². The molecule has 7 unspecified atom stereocenters. The number of aromatic nitrogens is 2. The molecule has 0 spiro atoms. The summed E-state index contributed by atoms with van der Waals surface area (Å²) < 4.78 is 0. The Hall–Kier alpha value is -1.44. The van der Waals surface area contributed by atoms with Gasteiger partial charge in [-0.1, -0.05) is 11.6 Å². The summed E-state index contributed by atoms with van der Waals surface area (Å²) in [6.07, 6.45) is 8.41. The molecule has 31 heavy (non-hydrogen) atoms. The first-order valence-corrected chi connectivity index (χ1v) is 12.6. The first-order chi connectivity index (χ1) is 15.2. The standard InChI is InChI=1S/C23H33ClN6O/c24-20-7-8-21(28-27-20)29-12-15-4-5-16(13-29)30(15)11-14-3-6-17-19(10-14)26-23(31)18-2-1-9-25-22(17)18/h7-8,14-19,22,25H,1-6,9-13H2,(H,26,31). The number of amides is 1. The summed E-state index contributed by atoms with van der Waals surface area (Å²) >= 11 is 5.92. The van der Waals surface area contributed by atoms with Crippen LogP contribution in [0.1, 0.15) is 44.9 Å². The van der Waals surface area contributed by atoms with Gasteiger partial charge in [0.1, 0.15) is 0 Å². The van der Waals surface area contributed by atoms with Crippen LogP contribution in [0.3, 0.4) is 0 Å². The molecule has 1 aromatic heterocycles. The molecule has 4 saturated heterocycles. The van der Waals surface area contributed by atoms with E-state index in [1.165, 1.54) is 32.2 Å². The van der Waals surface area contributed by atoms with Crippen LogP contribution < -0.4 is 15.5 Å². The molecule has 5 heterocycles. The van der Waals surface area contributed by atoms with Crippen molar-refractivity contribution in [1.82, 2.24) is 25.7 Å². The van der Waals surface area contributed by atoms with Crippen LogP contribution >= 0.6 is 11.6 Å². The number of hydrogen-bond donors (Lipinski definition) is 2. The van der Waals surface area contributed by atoms with Gasteiger partial charge in [0.15, 0.2) is 11.0 Å². The molecule has 5 fully saturated rings. The molecule has 1 aromatic rings. The molecule has 2 N–H and O–H groups in total. The second kappa shape index (κ2) is 8.16. The summed E-state index contributed by atoms with van der Waals surface area (Å²) in [5.74, 6) is 2.76. The minimum Gasteiger partial charge on any atom is -0.353 e. The molecule has 0 aromatic carbocycles. The second-order valence-electron chi connectivity index (χ2n) is 10.4. The van der Waals surface area contributed by atoms with Gasteiger partial charge in [0.2, 0.25) is 5.91 Å². The summed E-state index contributed by atoms with van der Waals surface area (Å²) in [6.45, 7) is 4.30. The van der Waals surface area contributed by atoms with Gasteiger partial charge in [-0.15, -0.1) is 10.2 Å². The van der Waals surface area contributed by atoms with E-state index in [4.69, 9.17) is 11.6 Å². The van der Waals surface area contributed by atoms with E-state index in [-0.39, 0.29) is 5.92 Å². The summed E-state index contributed by atoms with van der Waals surface area (Å²) in [5.41, 5.74) is 0. The fourth-order valence-electron chi connectivity index (χ4n) is 7.24. The molecule has 4 aliphatic heterocycles. The molecule has 1 amide bonds. The van der Waals surface area contributed by atoms with Crippen molar-refractivity contribution in [2.45, 2.75) is 69.1 Å². The van der Waals surface area contributed by atoms with Crippen LogP contribution in [0.4, 0.5) is 5.82 Å². The molecule has 0 radical (unpaired) electrons. The number of hydrogen-bond acceptors (Lipinski definition) is 6. The SMILES string of the molecule is O=C1NC2CC(CN3C4CCC3CN(c3ccc(Cl)nn3)C4)CCC2C2NCCCC12. The highest BCUT2D eigenvalue weighted by atomic mass is 35.5. The lowest BCUT2D eigenvalue weighted by Gasteiger charge is -2.50. The van der Waals surface area contributed by atoms with E-state index in [0.717, 1.165) is 44.7 Å². The fraction of sp³-hybridized carbons (Fsp3) is 0.783. The number of piperidine rings is 2. The number of nitrogens with one attached hydrogen (secondary N) is 2.